The molecule has 26 heavy (non-hydrogen) atoms. The Morgan fingerprint density at radius 3 is 1.58 bits per heavy atom. The van der Waals surface area contributed by atoms with E-state index in [-0.39, 0.29) is 16.2 Å². The van der Waals surface area contributed by atoms with Crippen molar-refractivity contribution in [2.45, 2.75) is 78.6 Å². The van der Waals surface area contributed by atoms with E-state index in [9.17, 15) is 0 Å². The van der Waals surface area contributed by atoms with Crippen molar-refractivity contribution in [3.63, 3.8) is 0 Å². The Balaban J connectivity index is 2.55. The SMILES string of the molecule is CC(C)(C)c1ccc2ccc3c(C(C)(C)C)ccc(C(C)(C)C)c3c2c1. The van der Waals surface area contributed by atoms with Gasteiger partial charge in [0.15, 0.2) is 0 Å². The second-order valence-corrected chi connectivity index (χ2v) is 10.8. The number of hydrogen-bond acceptors (Lipinski definition) is 0. The van der Waals surface area contributed by atoms with Gasteiger partial charge in [0.05, 0.1) is 0 Å². The van der Waals surface area contributed by atoms with Crippen LogP contribution < -0.4 is 0 Å². The first-order valence-corrected chi connectivity index (χ1v) is 9.81. The van der Waals surface area contributed by atoms with Gasteiger partial charge in [-0.05, 0) is 60.5 Å². The first-order valence-electron chi connectivity index (χ1n) is 9.81. The van der Waals surface area contributed by atoms with E-state index < -0.39 is 0 Å². The molecular formula is C26H34. The Hall–Kier alpha value is -1.82. The number of fused-ring (bicyclic) bond motifs is 3. The summed E-state index contributed by atoms with van der Waals surface area (Å²) >= 11 is 0. The average Bonchev–Trinajstić information content (AvgIpc) is 2.50. The maximum absolute atomic E-state index is 2.43. The predicted molar refractivity (Wildman–Crippen MR) is 118 cm³/mol. The molecule has 0 spiro atoms. The van der Waals surface area contributed by atoms with Crippen LogP contribution in [0.2, 0.25) is 0 Å². The molecule has 0 radical (unpaired) electrons. The zero-order valence-corrected chi connectivity index (χ0v) is 18.0. The van der Waals surface area contributed by atoms with E-state index in [2.05, 4.69) is 105 Å². The van der Waals surface area contributed by atoms with Gasteiger partial charge in [0, 0.05) is 0 Å². The van der Waals surface area contributed by atoms with E-state index in [0.29, 0.717) is 0 Å². The van der Waals surface area contributed by atoms with Crippen LogP contribution in [0.3, 0.4) is 0 Å². The fourth-order valence-electron chi connectivity index (χ4n) is 3.92. The van der Waals surface area contributed by atoms with Gasteiger partial charge in [-0.1, -0.05) is 98.7 Å². The van der Waals surface area contributed by atoms with Gasteiger partial charge in [-0.2, -0.15) is 0 Å². The van der Waals surface area contributed by atoms with Gasteiger partial charge in [0.2, 0.25) is 0 Å². The molecule has 0 heteroatoms. The maximum Gasteiger partial charge on any atom is -0.00649 e. The molecule has 0 N–H and O–H groups in total. The normalized spacial score (nSPS) is 13.6. The monoisotopic (exact) mass is 346 g/mol. The molecule has 0 bridgehead atoms. The Bertz CT molecular complexity index is 967. The Kier molecular flexibility index (Phi) is 4.26. The lowest BCUT2D eigenvalue weighted by Crippen LogP contribution is -2.16. The quantitative estimate of drug-likeness (QED) is 0.363. The minimum atomic E-state index is 0.112. The highest BCUT2D eigenvalue weighted by Gasteiger charge is 2.24. The van der Waals surface area contributed by atoms with Crippen LogP contribution in [0.1, 0.15) is 79.0 Å². The smallest absolute Gasteiger partial charge is 0.00649 e. The molecule has 3 aromatic rings. The highest BCUT2D eigenvalue weighted by atomic mass is 14.3. The summed E-state index contributed by atoms with van der Waals surface area (Å²) in [6.45, 7) is 20.8. The van der Waals surface area contributed by atoms with Gasteiger partial charge >= 0.3 is 0 Å². The summed E-state index contributed by atoms with van der Waals surface area (Å²) in [5.41, 5.74) is 4.67. The zero-order valence-electron chi connectivity index (χ0n) is 18.0. The van der Waals surface area contributed by atoms with Crippen molar-refractivity contribution < 1.29 is 0 Å². The summed E-state index contributed by atoms with van der Waals surface area (Å²) in [4.78, 5) is 0. The molecule has 0 aliphatic rings. The standard InChI is InChI=1S/C26H34/c1-24(2,3)18-12-10-17-11-13-19-21(25(4,5)6)14-15-22(26(7,8)9)23(19)20(17)16-18/h10-16H,1-9H3. The molecule has 0 atom stereocenters. The lowest BCUT2D eigenvalue weighted by molar-refractivity contribution is 0.585. The van der Waals surface area contributed by atoms with E-state index in [1.807, 2.05) is 0 Å². The number of benzene rings is 3. The van der Waals surface area contributed by atoms with Gasteiger partial charge < -0.3 is 0 Å². The van der Waals surface area contributed by atoms with Crippen molar-refractivity contribution >= 4 is 21.5 Å². The molecule has 0 unspecified atom stereocenters. The molecule has 0 aliphatic carbocycles. The van der Waals surface area contributed by atoms with Crippen LogP contribution in [0.25, 0.3) is 21.5 Å². The fraction of sp³-hybridized carbons (Fsp3) is 0.462. The minimum absolute atomic E-state index is 0.112. The molecule has 0 saturated carbocycles. The van der Waals surface area contributed by atoms with Crippen LogP contribution in [0.4, 0.5) is 0 Å². The molecule has 0 aromatic heterocycles. The van der Waals surface area contributed by atoms with Crippen LogP contribution in [0.15, 0.2) is 42.5 Å². The van der Waals surface area contributed by atoms with Crippen molar-refractivity contribution in [1.82, 2.24) is 0 Å². The van der Waals surface area contributed by atoms with Crippen molar-refractivity contribution in [2.24, 2.45) is 0 Å². The molecule has 0 amide bonds. The predicted octanol–water partition coefficient (Wildman–Crippen LogP) is 7.89. The minimum Gasteiger partial charge on any atom is -0.0579 e. The van der Waals surface area contributed by atoms with Crippen LogP contribution in [-0.2, 0) is 16.2 Å². The van der Waals surface area contributed by atoms with E-state index in [1.165, 1.54) is 38.2 Å². The Morgan fingerprint density at radius 1 is 0.500 bits per heavy atom. The van der Waals surface area contributed by atoms with Gasteiger partial charge in [-0.25, -0.2) is 0 Å². The summed E-state index contributed by atoms with van der Waals surface area (Å²) in [5.74, 6) is 0. The molecule has 0 aliphatic heterocycles. The van der Waals surface area contributed by atoms with E-state index in [1.54, 1.807) is 0 Å². The Labute approximate surface area is 159 Å². The molecule has 0 fully saturated rings. The van der Waals surface area contributed by atoms with Crippen molar-refractivity contribution in [3.8, 4) is 0 Å². The first-order chi connectivity index (χ1) is 11.8. The molecule has 0 heterocycles. The first kappa shape index (κ1) is 19.0. The van der Waals surface area contributed by atoms with Crippen molar-refractivity contribution in [2.75, 3.05) is 0 Å². The number of hydrogen-bond donors (Lipinski definition) is 0. The second kappa shape index (κ2) is 5.84. The summed E-state index contributed by atoms with van der Waals surface area (Å²) in [6, 6.07) is 16.4. The molecule has 3 rings (SSSR count). The molecular weight excluding hydrogens is 312 g/mol. The second-order valence-electron chi connectivity index (χ2n) is 10.8. The van der Waals surface area contributed by atoms with Crippen LogP contribution in [0, 0.1) is 0 Å². The highest BCUT2D eigenvalue weighted by Crippen LogP contribution is 2.41. The van der Waals surface area contributed by atoms with Crippen LogP contribution in [0.5, 0.6) is 0 Å². The van der Waals surface area contributed by atoms with Crippen molar-refractivity contribution in [3.05, 3.63) is 59.2 Å². The van der Waals surface area contributed by atoms with Crippen LogP contribution in [-0.4, -0.2) is 0 Å². The summed E-state index contributed by atoms with van der Waals surface area (Å²) < 4.78 is 0. The third-order valence-electron chi connectivity index (χ3n) is 5.48. The average molecular weight is 347 g/mol. The maximum atomic E-state index is 2.43. The molecule has 3 aromatic carbocycles. The van der Waals surface area contributed by atoms with Crippen molar-refractivity contribution in [1.29, 1.82) is 0 Å². The summed E-state index contributed by atoms with van der Waals surface area (Å²) in [6.07, 6.45) is 0. The highest BCUT2D eigenvalue weighted by molar-refractivity contribution is 6.11. The molecule has 0 saturated heterocycles. The summed E-state index contributed by atoms with van der Waals surface area (Å²) in [7, 11) is 0. The molecule has 138 valence electrons. The van der Waals surface area contributed by atoms with Gasteiger partial charge in [0.25, 0.3) is 0 Å². The van der Waals surface area contributed by atoms with Crippen LogP contribution >= 0.6 is 0 Å². The third kappa shape index (κ3) is 3.27. The van der Waals surface area contributed by atoms with Gasteiger partial charge in [0.1, 0.15) is 0 Å². The topological polar surface area (TPSA) is 0 Å². The van der Waals surface area contributed by atoms with E-state index in [4.69, 9.17) is 0 Å². The van der Waals surface area contributed by atoms with E-state index in [0.717, 1.165) is 0 Å². The summed E-state index contributed by atoms with van der Waals surface area (Å²) in [5, 5.41) is 5.57. The fourth-order valence-corrected chi connectivity index (χ4v) is 3.92. The number of rotatable bonds is 0. The largest absolute Gasteiger partial charge is 0.0579 e. The van der Waals surface area contributed by atoms with Gasteiger partial charge in [-0.3, -0.25) is 0 Å². The van der Waals surface area contributed by atoms with Gasteiger partial charge in [-0.15, -0.1) is 0 Å². The lowest BCUT2D eigenvalue weighted by atomic mass is 9.76. The third-order valence-corrected chi connectivity index (χ3v) is 5.48. The molecule has 0 nitrogen and oxygen atoms in total. The van der Waals surface area contributed by atoms with E-state index >= 15 is 0 Å². The lowest BCUT2D eigenvalue weighted by Gasteiger charge is -2.28. The zero-order chi connectivity index (χ0) is 19.5. The Morgan fingerprint density at radius 2 is 1.04 bits per heavy atom.